The number of anilines is 1. The van der Waals surface area contributed by atoms with Gasteiger partial charge in [0.2, 0.25) is 11.8 Å². The van der Waals surface area contributed by atoms with Crippen molar-refractivity contribution in [3.05, 3.63) is 54.1 Å². The molecule has 0 radical (unpaired) electrons. The number of alkyl halides is 3. The van der Waals surface area contributed by atoms with E-state index < -0.39 is 17.0 Å². The quantitative estimate of drug-likeness (QED) is 0.314. The smallest absolute Gasteiger partial charge is 0.416 e. The summed E-state index contributed by atoms with van der Waals surface area (Å²) in [6.45, 7) is 4.85. The molecule has 6 nitrogen and oxygen atoms in total. The third-order valence-electron chi connectivity index (χ3n) is 5.73. The SMILES string of the molecule is CCCCCCCN1C(=O)CC(C(=O)Nc2cccc(OCC)c2)SC1=Nc1cccc(C(F)(F)F)c1. The van der Waals surface area contributed by atoms with E-state index in [2.05, 4.69) is 17.2 Å². The lowest BCUT2D eigenvalue weighted by atomic mass is 10.1. The average Bonchev–Trinajstić information content (AvgIpc) is 2.85. The third kappa shape index (κ3) is 8.52. The molecule has 0 aromatic heterocycles. The molecule has 3 rings (SSSR count). The van der Waals surface area contributed by atoms with E-state index in [-0.39, 0.29) is 29.1 Å². The highest BCUT2D eigenvalue weighted by Gasteiger charge is 2.36. The molecule has 0 aliphatic carbocycles. The second-order valence-electron chi connectivity index (χ2n) is 8.66. The van der Waals surface area contributed by atoms with Gasteiger partial charge in [-0.15, -0.1) is 0 Å². The molecule has 1 aliphatic rings. The molecule has 2 aromatic rings. The van der Waals surface area contributed by atoms with Crippen molar-refractivity contribution in [1.29, 1.82) is 0 Å². The van der Waals surface area contributed by atoms with Crippen LogP contribution in [0, 0.1) is 0 Å². The number of carbonyl (C=O) groups excluding carboxylic acids is 2. The van der Waals surface area contributed by atoms with Crippen molar-refractivity contribution in [3.63, 3.8) is 0 Å². The first-order valence-corrected chi connectivity index (χ1v) is 13.4. The summed E-state index contributed by atoms with van der Waals surface area (Å²) >= 11 is 1.09. The van der Waals surface area contributed by atoms with E-state index in [9.17, 15) is 22.8 Å². The van der Waals surface area contributed by atoms with Gasteiger partial charge in [0.1, 0.15) is 11.0 Å². The van der Waals surface area contributed by atoms with Crippen molar-refractivity contribution in [2.24, 2.45) is 4.99 Å². The van der Waals surface area contributed by atoms with Crippen LogP contribution in [-0.4, -0.2) is 40.3 Å². The Morgan fingerprint density at radius 1 is 1.11 bits per heavy atom. The molecule has 1 N–H and O–H groups in total. The molecule has 10 heteroatoms. The van der Waals surface area contributed by atoms with Crippen LogP contribution in [0.15, 0.2) is 53.5 Å². The number of unbranched alkanes of at least 4 members (excludes halogenated alkanes) is 4. The molecule has 2 aromatic carbocycles. The lowest BCUT2D eigenvalue weighted by Gasteiger charge is -2.32. The summed E-state index contributed by atoms with van der Waals surface area (Å²) in [5.41, 5.74) is -0.221. The number of rotatable bonds is 11. The van der Waals surface area contributed by atoms with Crippen molar-refractivity contribution in [3.8, 4) is 5.75 Å². The molecule has 1 heterocycles. The van der Waals surface area contributed by atoms with Crippen molar-refractivity contribution in [1.82, 2.24) is 4.90 Å². The molecule has 0 spiro atoms. The largest absolute Gasteiger partial charge is 0.494 e. The highest BCUT2D eigenvalue weighted by molar-refractivity contribution is 8.15. The van der Waals surface area contributed by atoms with Gasteiger partial charge < -0.3 is 10.1 Å². The number of ether oxygens (including phenoxy) is 1. The molecule has 200 valence electrons. The number of hydrogen-bond donors (Lipinski definition) is 1. The maximum atomic E-state index is 13.2. The molecule has 37 heavy (non-hydrogen) atoms. The standard InChI is InChI=1S/C27H32F3N3O3S/c1-3-5-6-7-8-15-33-24(34)18-23(25(35)31-21-13-10-14-22(17-21)36-4-2)37-26(33)32-20-12-9-11-19(16-20)27(28,29)30/h9-14,16-17,23H,3-8,15,18H2,1-2H3,(H,31,35). The van der Waals surface area contributed by atoms with Gasteiger partial charge in [-0.1, -0.05) is 56.5 Å². The van der Waals surface area contributed by atoms with Gasteiger partial charge in [-0.3, -0.25) is 14.5 Å². The van der Waals surface area contributed by atoms with Gasteiger partial charge in [-0.25, -0.2) is 4.99 Å². The Morgan fingerprint density at radius 3 is 2.59 bits per heavy atom. The van der Waals surface area contributed by atoms with Gasteiger partial charge in [0.25, 0.3) is 0 Å². The number of benzene rings is 2. The number of aliphatic imine (C=N–C) groups is 1. The topological polar surface area (TPSA) is 71.0 Å². The van der Waals surface area contributed by atoms with E-state index >= 15 is 0 Å². The summed E-state index contributed by atoms with van der Waals surface area (Å²) in [6.07, 6.45) is 0.360. The summed E-state index contributed by atoms with van der Waals surface area (Å²) in [5, 5.41) is 2.27. The van der Waals surface area contributed by atoms with Crippen LogP contribution < -0.4 is 10.1 Å². The zero-order chi connectivity index (χ0) is 26.8. The van der Waals surface area contributed by atoms with Gasteiger partial charge in [-0.05, 0) is 43.7 Å². The maximum absolute atomic E-state index is 13.2. The predicted octanol–water partition coefficient (Wildman–Crippen LogP) is 7.03. The molecular formula is C27H32F3N3O3S. The fourth-order valence-corrected chi connectivity index (χ4v) is 4.97. The fourth-order valence-electron chi connectivity index (χ4n) is 3.85. The van der Waals surface area contributed by atoms with E-state index in [0.717, 1.165) is 56.0 Å². The molecule has 1 fully saturated rings. The summed E-state index contributed by atoms with van der Waals surface area (Å²) in [7, 11) is 0. The predicted molar refractivity (Wildman–Crippen MR) is 141 cm³/mol. The van der Waals surface area contributed by atoms with Crippen LogP contribution in [0.4, 0.5) is 24.5 Å². The molecule has 0 bridgehead atoms. The maximum Gasteiger partial charge on any atom is 0.416 e. The van der Waals surface area contributed by atoms with Crippen LogP contribution >= 0.6 is 11.8 Å². The number of nitrogens with zero attached hydrogens (tertiary/aromatic N) is 2. The van der Waals surface area contributed by atoms with Crippen molar-refractivity contribution in [2.45, 2.75) is 63.8 Å². The van der Waals surface area contributed by atoms with Crippen LogP contribution in [-0.2, 0) is 15.8 Å². The Hall–Kier alpha value is -3.01. The number of thioether (sulfide) groups is 1. The van der Waals surface area contributed by atoms with Gasteiger partial charge in [-0.2, -0.15) is 13.2 Å². The number of amidine groups is 1. The van der Waals surface area contributed by atoms with Crippen LogP contribution in [0.3, 0.4) is 0 Å². The fraction of sp³-hybridized carbons (Fsp3) is 0.444. The zero-order valence-corrected chi connectivity index (χ0v) is 21.8. The molecule has 1 saturated heterocycles. The molecule has 1 atom stereocenters. The minimum atomic E-state index is -4.51. The van der Waals surface area contributed by atoms with Crippen LogP contribution in [0.1, 0.15) is 57.9 Å². The highest BCUT2D eigenvalue weighted by atomic mass is 32.2. The lowest BCUT2D eigenvalue weighted by molar-refractivity contribution is -0.137. The Morgan fingerprint density at radius 2 is 1.86 bits per heavy atom. The Labute approximate surface area is 219 Å². The Bertz CT molecular complexity index is 1110. The third-order valence-corrected chi connectivity index (χ3v) is 6.92. The highest BCUT2D eigenvalue weighted by Crippen LogP contribution is 2.34. The summed E-state index contributed by atoms with van der Waals surface area (Å²) in [6, 6.07) is 11.6. The van der Waals surface area contributed by atoms with Crippen molar-refractivity contribution in [2.75, 3.05) is 18.5 Å². The number of nitrogens with one attached hydrogen (secondary N) is 1. The van der Waals surface area contributed by atoms with Crippen LogP contribution in [0.5, 0.6) is 5.75 Å². The van der Waals surface area contributed by atoms with Gasteiger partial charge >= 0.3 is 6.18 Å². The molecule has 1 aliphatic heterocycles. The minimum Gasteiger partial charge on any atom is -0.494 e. The first kappa shape index (κ1) is 28.6. The summed E-state index contributed by atoms with van der Waals surface area (Å²) in [5.74, 6) is -0.0526. The molecule has 0 saturated carbocycles. The number of carbonyl (C=O) groups is 2. The van der Waals surface area contributed by atoms with Gasteiger partial charge in [0.15, 0.2) is 5.17 Å². The minimum absolute atomic E-state index is 0.0295. The van der Waals surface area contributed by atoms with E-state index in [1.165, 1.54) is 17.0 Å². The van der Waals surface area contributed by atoms with Crippen molar-refractivity contribution >= 4 is 40.1 Å². The average molecular weight is 536 g/mol. The first-order chi connectivity index (χ1) is 17.7. The second-order valence-corrected chi connectivity index (χ2v) is 9.83. The second kappa shape index (κ2) is 13.5. The molecular weight excluding hydrogens is 503 g/mol. The zero-order valence-electron chi connectivity index (χ0n) is 21.0. The van der Waals surface area contributed by atoms with E-state index in [1.54, 1.807) is 24.3 Å². The lowest BCUT2D eigenvalue weighted by Crippen LogP contribution is -2.45. The van der Waals surface area contributed by atoms with Crippen LogP contribution in [0.2, 0.25) is 0 Å². The van der Waals surface area contributed by atoms with Crippen molar-refractivity contribution < 1.29 is 27.5 Å². The van der Waals surface area contributed by atoms with E-state index in [1.807, 2.05) is 6.92 Å². The summed E-state index contributed by atoms with van der Waals surface area (Å²) in [4.78, 5) is 32.1. The normalized spacial score (nSPS) is 17.2. The van der Waals surface area contributed by atoms with E-state index in [4.69, 9.17) is 4.74 Å². The molecule has 1 unspecified atom stereocenters. The Balaban J connectivity index is 1.81. The van der Waals surface area contributed by atoms with E-state index in [0.29, 0.717) is 24.6 Å². The number of halogens is 3. The van der Waals surface area contributed by atoms with Gasteiger partial charge in [0.05, 0.1) is 17.9 Å². The first-order valence-electron chi connectivity index (χ1n) is 12.5. The number of amides is 2. The Kier molecular flexibility index (Phi) is 10.4. The molecule has 2 amide bonds. The van der Waals surface area contributed by atoms with Gasteiger partial charge in [0, 0.05) is 24.7 Å². The van der Waals surface area contributed by atoms with Crippen LogP contribution in [0.25, 0.3) is 0 Å². The summed E-state index contributed by atoms with van der Waals surface area (Å²) < 4.78 is 45.1. The monoisotopic (exact) mass is 535 g/mol. The number of hydrogen-bond acceptors (Lipinski definition) is 5.